The first-order chi connectivity index (χ1) is 18.8. The lowest BCUT2D eigenvalue weighted by atomic mass is 9.86. The SMILES string of the molecule is Cc1ccc(/C=C/c2ccc(-c3ccc(/C(=C\c4ccc(C(C)(C)C)cc4)c4ccccc4)cc3)cc2)cc1. The second-order valence-corrected chi connectivity index (χ2v) is 11.2. The fourth-order valence-electron chi connectivity index (χ4n) is 4.70. The lowest BCUT2D eigenvalue weighted by Crippen LogP contribution is -2.10. The lowest BCUT2D eigenvalue weighted by molar-refractivity contribution is 0.590. The highest BCUT2D eigenvalue weighted by molar-refractivity contribution is 5.92. The van der Waals surface area contributed by atoms with Gasteiger partial charge in [0, 0.05) is 0 Å². The zero-order chi connectivity index (χ0) is 27.2. The molecule has 0 saturated heterocycles. The average molecular weight is 505 g/mol. The van der Waals surface area contributed by atoms with Gasteiger partial charge in [0.1, 0.15) is 0 Å². The van der Waals surface area contributed by atoms with E-state index in [0.29, 0.717) is 0 Å². The molecular weight excluding hydrogens is 468 g/mol. The second kappa shape index (κ2) is 11.5. The zero-order valence-electron chi connectivity index (χ0n) is 23.4. The van der Waals surface area contributed by atoms with Crippen LogP contribution in [-0.4, -0.2) is 0 Å². The van der Waals surface area contributed by atoms with Gasteiger partial charge < -0.3 is 0 Å². The van der Waals surface area contributed by atoms with Gasteiger partial charge in [0.25, 0.3) is 0 Å². The first-order valence-corrected chi connectivity index (χ1v) is 13.7. The van der Waals surface area contributed by atoms with Gasteiger partial charge in [-0.15, -0.1) is 0 Å². The molecule has 0 bridgehead atoms. The molecule has 0 amide bonds. The smallest absolute Gasteiger partial charge is 0.0105 e. The molecule has 0 aliphatic heterocycles. The Labute approximate surface area is 234 Å². The Morgan fingerprint density at radius 1 is 0.487 bits per heavy atom. The standard InChI is InChI=1S/C39H36/c1-29-10-12-30(13-11-29)14-15-31-16-20-33(21-17-31)34-22-24-36(25-23-34)38(35-8-6-5-7-9-35)28-32-18-26-37(27-19-32)39(2,3)4/h5-28H,1-4H3/b15-14+,38-28-. The molecule has 0 heteroatoms. The van der Waals surface area contributed by atoms with Crippen molar-refractivity contribution in [3.05, 3.63) is 166 Å². The van der Waals surface area contributed by atoms with Crippen molar-refractivity contribution in [2.24, 2.45) is 0 Å². The van der Waals surface area contributed by atoms with Crippen molar-refractivity contribution in [3.63, 3.8) is 0 Å². The maximum atomic E-state index is 2.30. The summed E-state index contributed by atoms with van der Waals surface area (Å²) in [6, 6.07) is 45.9. The number of hydrogen-bond acceptors (Lipinski definition) is 0. The van der Waals surface area contributed by atoms with Crippen LogP contribution in [0.4, 0.5) is 0 Å². The molecule has 0 N–H and O–H groups in total. The summed E-state index contributed by atoms with van der Waals surface area (Å²) in [4.78, 5) is 0. The topological polar surface area (TPSA) is 0 Å². The fourth-order valence-corrected chi connectivity index (χ4v) is 4.70. The molecule has 5 aromatic carbocycles. The Morgan fingerprint density at radius 2 is 0.949 bits per heavy atom. The van der Waals surface area contributed by atoms with Crippen LogP contribution in [0.25, 0.3) is 34.9 Å². The Balaban J connectivity index is 1.39. The molecule has 39 heavy (non-hydrogen) atoms. The van der Waals surface area contributed by atoms with Crippen molar-refractivity contribution in [2.45, 2.75) is 33.1 Å². The van der Waals surface area contributed by atoms with Crippen molar-refractivity contribution in [2.75, 3.05) is 0 Å². The van der Waals surface area contributed by atoms with E-state index >= 15 is 0 Å². The van der Waals surface area contributed by atoms with E-state index in [4.69, 9.17) is 0 Å². The fraction of sp³-hybridized carbons (Fsp3) is 0.128. The summed E-state index contributed by atoms with van der Waals surface area (Å²) < 4.78 is 0. The summed E-state index contributed by atoms with van der Waals surface area (Å²) in [7, 11) is 0. The quantitative estimate of drug-likeness (QED) is 0.202. The van der Waals surface area contributed by atoms with E-state index < -0.39 is 0 Å². The van der Waals surface area contributed by atoms with E-state index in [1.807, 2.05) is 0 Å². The maximum absolute atomic E-state index is 2.30. The molecule has 0 fully saturated rings. The van der Waals surface area contributed by atoms with Crippen LogP contribution in [0.5, 0.6) is 0 Å². The van der Waals surface area contributed by atoms with E-state index in [9.17, 15) is 0 Å². The molecule has 0 unspecified atom stereocenters. The molecule has 0 saturated carbocycles. The Morgan fingerprint density at radius 3 is 1.49 bits per heavy atom. The summed E-state index contributed by atoms with van der Waals surface area (Å²) in [6.07, 6.45) is 6.63. The van der Waals surface area contributed by atoms with Crippen LogP contribution in [-0.2, 0) is 5.41 Å². The maximum Gasteiger partial charge on any atom is -0.0105 e. The minimum atomic E-state index is 0.149. The highest BCUT2D eigenvalue weighted by atomic mass is 14.2. The van der Waals surface area contributed by atoms with Gasteiger partial charge in [0.05, 0.1) is 0 Å². The molecule has 5 rings (SSSR count). The van der Waals surface area contributed by atoms with Crippen molar-refractivity contribution in [3.8, 4) is 11.1 Å². The summed E-state index contributed by atoms with van der Waals surface area (Å²) in [5.74, 6) is 0. The van der Waals surface area contributed by atoms with Crippen LogP contribution >= 0.6 is 0 Å². The predicted octanol–water partition coefficient (Wildman–Crippen LogP) is 10.7. The van der Waals surface area contributed by atoms with Gasteiger partial charge in [0.15, 0.2) is 0 Å². The predicted molar refractivity (Wildman–Crippen MR) is 171 cm³/mol. The number of hydrogen-bond donors (Lipinski definition) is 0. The van der Waals surface area contributed by atoms with Gasteiger partial charge in [-0.3, -0.25) is 0 Å². The van der Waals surface area contributed by atoms with Gasteiger partial charge in [-0.25, -0.2) is 0 Å². The van der Waals surface area contributed by atoms with E-state index in [2.05, 4.69) is 173 Å². The molecule has 0 aliphatic carbocycles. The normalized spacial score (nSPS) is 12.2. The molecule has 0 atom stereocenters. The van der Waals surface area contributed by atoms with Crippen LogP contribution < -0.4 is 0 Å². The molecule has 0 heterocycles. The summed E-state index contributed by atoms with van der Waals surface area (Å²) in [5.41, 5.74) is 12.5. The van der Waals surface area contributed by atoms with Crippen LogP contribution in [0.2, 0.25) is 0 Å². The monoisotopic (exact) mass is 504 g/mol. The zero-order valence-corrected chi connectivity index (χ0v) is 23.4. The third-order valence-corrected chi connectivity index (χ3v) is 7.16. The van der Waals surface area contributed by atoms with Crippen LogP contribution in [0.15, 0.2) is 127 Å². The van der Waals surface area contributed by atoms with Gasteiger partial charge in [-0.05, 0) is 68.5 Å². The van der Waals surface area contributed by atoms with Crippen molar-refractivity contribution in [1.29, 1.82) is 0 Å². The molecular formula is C39H36. The summed E-state index contributed by atoms with van der Waals surface area (Å²) in [6.45, 7) is 8.88. The minimum absolute atomic E-state index is 0.149. The molecule has 192 valence electrons. The van der Waals surface area contributed by atoms with Crippen molar-refractivity contribution < 1.29 is 0 Å². The molecule has 0 nitrogen and oxygen atoms in total. The van der Waals surface area contributed by atoms with Crippen LogP contribution in [0.3, 0.4) is 0 Å². The van der Waals surface area contributed by atoms with E-state index in [1.54, 1.807) is 0 Å². The first-order valence-electron chi connectivity index (χ1n) is 13.7. The van der Waals surface area contributed by atoms with E-state index in [-0.39, 0.29) is 5.41 Å². The molecule has 0 radical (unpaired) electrons. The summed E-state index contributed by atoms with van der Waals surface area (Å²) >= 11 is 0. The largest absolute Gasteiger partial charge is 0.0622 e. The third-order valence-electron chi connectivity index (χ3n) is 7.16. The molecule has 0 aliphatic rings. The molecule has 5 aromatic rings. The van der Waals surface area contributed by atoms with Crippen LogP contribution in [0, 0.1) is 6.92 Å². The van der Waals surface area contributed by atoms with E-state index in [1.165, 1.54) is 55.6 Å². The Hall–Kier alpha value is -4.42. The molecule has 0 spiro atoms. The van der Waals surface area contributed by atoms with Crippen LogP contribution in [0.1, 0.15) is 59.7 Å². The minimum Gasteiger partial charge on any atom is -0.0622 e. The third kappa shape index (κ3) is 6.72. The average Bonchev–Trinajstić information content (AvgIpc) is 2.96. The van der Waals surface area contributed by atoms with Crippen molar-refractivity contribution in [1.82, 2.24) is 0 Å². The van der Waals surface area contributed by atoms with Crippen molar-refractivity contribution >= 4 is 23.8 Å². The van der Waals surface area contributed by atoms with Gasteiger partial charge in [0.2, 0.25) is 0 Å². The molecule has 0 aromatic heterocycles. The van der Waals surface area contributed by atoms with E-state index in [0.717, 1.165) is 0 Å². The number of rotatable bonds is 6. The van der Waals surface area contributed by atoms with Gasteiger partial charge in [-0.2, -0.15) is 0 Å². The second-order valence-electron chi connectivity index (χ2n) is 11.2. The Bertz CT molecular complexity index is 1560. The number of benzene rings is 5. The highest BCUT2D eigenvalue weighted by Gasteiger charge is 2.13. The summed E-state index contributed by atoms with van der Waals surface area (Å²) in [5, 5.41) is 0. The van der Waals surface area contributed by atoms with Gasteiger partial charge >= 0.3 is 0 Å². The lowest BCUT2D eigenvalue weighted by Gasteiger charge is -2.19. The van der Waals surface area contributed by atoms with Gasteiger partial charge in [-0.1, -0.05) is 166 Å². The first kappa shape index (κ1) is 26.2. The highest BCUT2D eigenvalue weighted by Crippen LogP contribution is 2.30. The Kier molecular flexibility index (Phi) is 7.75. The number of aryl methyl sites for hydroxylation is 1.